The Hall–Kier alpha value is -2.48. The molecule has 1 N–H and O–H groups in total. The molecular formula is C21H16Cl2FN3O2S. The number of anilines is 2. The van der Waals surface area contributed by atoms with E-state index >= 15 is 0 Å². The number of nitrogens with one attached hydrogen (secondary N) is 1. The number of hydrogen-bond donors (Lipinski definition) is 1. The van der Waals surface area contributed by atoms with Crippen LogP contribution in [0.5, 0.6) is 0 Å². The Balaban J connectivity index is 1.69. The Morgan fingerprint density at radius 3 is 2.50 bits per heavy atom. The third kappa shape index (κ3) is 3.80. The van der Waals surface area contributed by atoms with Crippen molar-refractivity contribution in [3.63, 3.8) is 0 Å². The predicted octanol–water partition coefficient (Wildman–Crippen LogP) is 4.56. The molecule has 0 bridgehead atoms. The molecule has 2 aliphatic rings. The monoisotopic (exact) mass is 463 g/mol. The molecule has 2 saturated heterocycles. The van der Waals surface area contributed by atoms with Gasteiger partial charge in [-0.1, -0.05) is 35.3 Å². The summed E-state index contributed by atoms with van der Waals surface area (Å²) in [7, 11) is 0. The summed E-state index contributed by atoms with van der Waals surface area (Å²) in [6.45, 7) is 1.62. The fourth-order valence-electron chi connectivity index (χ4n) is 3.54. The quantitative estimate of drug-likeness (QED) is 0.411. The van der Waals surface area contributed by atoms with Crippen molar-refractivity contribution in [3.05, 3.63) is 63.4 Å². The molecule has 2 aliphatic heterocycles. The third-order valence-corrected chi connectivity index (χ3v) is 6.10. The highest BCUT2D eigenvalue weighted by Crippen LogP contribution is 2.34. The maximum absolute atomic E-state index is 14.6. The van der Waals surface area contributed by atoms with Crippen LogP contribution in [0.4, 0.5) is 15.8 Å². The second-order valence-corrected chi connectivity index (χ2v) is 8.11. The number of carbonyl (C=O) groups excluding carboxylic acids is 2. The zero-order valence-electron chi connectivity index (χ0n) is 15.6. The molecule has 0 aromatic heterocycles. The summed E-state index contributed by atoms with van der Waals surface area (Å²) in [6, 6.07) is 9.40. The Labute approximate surface area is 188 Å². The predicted molar refractivity (Wildman–Crippen MR) is 121 cm³/mol. The first-order valence-electron chi connectivity index (χ1n) is 9.27. The number of carbonyl (C=O) groups is 2. The number of thiocarbonyl (C=S) groups is 1. The van der Waals surface area contributed by atoms with Crippen molar-refractivity contribution in [3.8, 4) is 0 Å². The first-order valence-corrected chi connectivity index (χ1v) is 10.4. The van der Waals surface area contributed by atoms with Crippen LogP contribution in [0.15, 0.2) is 42.0 Å². The fraction of sp³-hybridized carbons (Fsp3) is 0.190. The number of halogens is 3. The van der Waals surface area contributed by atoms with E-state index in [0.717, 1.165) is 30.8 Å². The van der Waals surface area contributed by atoms with Crippen molar-refractivity contribution in [1.82, 2.24) is 5.32 Å². The summed E-state index contributed by atoms with van der Waals surface area (Å²) < 4.78 is 14.6. The Morgan fingerprint density at radius 2 is 1.80 bits per heavy atom. The van der Waals surface area contributed by atoms with E-state index < -0.39 is 17.6 Å². The van der Waals surface area contributed by atoms with Gasteiger partial charge >= 0.3 is 0 Å². The van der Waals surface area contributed by atoms with Gasteiger partial charge in [-0.2, -0.15) is 0 Å². The highest BCUT2D eigenvalue weighted by Gasteiger charge is 2.35. The van der Waals surface area contributed by atoms with E-state index in [-0.39, 0.29) is 26.4 Å². The maximum atomic E-state index is 14.6. The van der Waals surface area contributed by atoms with Gasteiger partial charge in [-0.25, -0.2) is 4.39 Å². The largest absolute Gasteiger partial charge is 0.369 e. The first kappa shape index (κ1) is 20.8. The SMILES string of the molecule is O=C1NC(=S)N(c2cccc(Cl)c2Cl)C(=O)/C1=C/c1ccc(N2CCCC2)c(F)c1. The van der Waals surface area contributed by atoms with Gasteiger partial charge in [0.05, 0.1) is 21.4 Å². The number of nitrogens with zero attached hydrogens (tertiary/aromatic N) is 2. The second kappa shape index (κ2) is 8.34. The van der Waals surface area contributed by atoms with Crippen LogP contribution in [0.1, 0.15) is 18.4 Å². The van der Waals surface area contributed by atoms with E-state index in [1.165, 1.54) is 12.1 Å². The molecule has 2 amide bonds. The molecule has 2 heterocycles. The molecule has 5 nitrogen and oxygen atoms in total. The lowest BCUT2D eigenvalue weighted by molar-refractivity contribution is -0.122. The molecule has 154 valence electrons. The number of amides is 2. The van der Waals surface area contributed by atoms with Gasteiger partial charge in [-0.05, 0) is 61.0 Å². The van der Waals surface area contributed by atoms with Crippen molar-refractivity contribution < 1.29 is 14.0 Å². The molecule has 0 aliphatic carbocycles. The van der Waals surface area contributed by atoms with Crippen molar-refractivity contribution >= 4 is 69.8 Å². The van der Waals surface area contributed by atoms with E-state index in [2.05, 4.69) is 5.32 Å². The molecule has 4 rings (SSSR count). The van der Waals surface area contributed by atoms with E-state index in [9.17, 15) is 14.0 Å². The number of benzene rings is 2. The van der Waals surface area contributed by atoms with Gasteiger partial charge in [-0.3, -0.25) is 19.8 Å². The van der Waals surface area contributed by atoms with Gasteiger partial charge in [-0.15, -0.1) is 0 Å². The van der Waals surface area contributed by atoms with Gasteiger partial charge in [0, 0.05) is 13.1 Å². The van der Waals surface area contributed by atoms with Gasteiger partial charge in [0.2, 0.25) is 0 Å². The summed E-state index contributed by atoms with van der Waals surface area (Å²) in [6.07, 6.45) is 3.39. The van der Waals surface area contributed by atoms with Crippen LogP contribution in [0, 0.1) is 5.82 Å². The first-order chi connectivity index (χ1) is 14.4. The lowest BCUT2D eigenvalue weighted by Gasteiger charge is -2.29. The Bertz CT molecular complexity index is 1100. The van der Waals surface area contributed by atoms with Gasteiger partial charge in [0.1, 0.15) is 11.4 Å². The summed E-state index contributed by atoms with van der Waals surface area (Å²) in [5.74, 6) is -1.74. The molecule has 30 heavy (non-hydrogen) atoms. The highest BCUT2D eigenvalue weighted by molar-refractivity contribution is 7.80. The van der Waals surface area contributed by atoms with Gasteiger partial charge < -0.3 is 4.90 Å². The van der Waals surface area contributed by atoms with Crippen LogP contribution in [-0.2, 0) is 9.59 Å². The number of rotatable bonds is 3. The zero-order valence-corrected chi connectivity index (χ0v) is 18.0. The molecule has 2 fully saturated rings. The molecule has 2 aromatic rings. The van der Waals surface area contributed by atoms with E-state index in [4.69, 9.17) is 35.4 Å². The summed E-state index contributed by atoms with van der Waals surface area (Å²) in [5, 5.41) is 2.74. The third-order valence-electron chi connectivity index (χ3n) is 5.00. The van der Waals surface area contributed by atoms with E-state index in [0.29, 0.717) is 11.3 Å². The average Bonchev–Trinajstić information content (AvgIpc) is 3.23. The van der Waals surface area contributed by atoms with E-state index in [1.54, 1.807) is 30.3 Å². The van der Waals surface area contributed by atoms with Crippen molar-refractivity contribution in [2.75, 3.05) is 22.9 Å². The average molecular weight is 464 g/mol. The standard InChI is InChI=1S/C21H16Cl2FN3O2S/c22-14-4-3-5-17(18(14)23)27-20(29)13(19(28)25-21(27)30)10-12-6-7-16(15(24)11-12)26-8-1-2-9-26/h3-7,10-11H,1-2,8-9H2,(H,25,28,30)/b13-10+. The Kier molecular flexibility index (Phi) is 5.77. The normalized spacial score (nSPS) is 18.4. The summed E-state index contributed by atoms with van der Waals surface area (Å²) in [5.41, 5.74) is 0.968. The second-order valence-electron chi connectivity index (χ2n) is 6.94. The topological polar surface area (TPSA) is 52.7 Å². The summed E-state index contributed by atoms with van der Waals surface area (Å²) >= 11 is 17.4. The molecule has 9 heteroatoms. The molecule has 0 radical (unpaired) electrons. The lowest BCUT2D eigenvalue weighted by Crippen LogP contribution is -2.54. The highest BCUT2D eigenvalue weighted by atomic mass is 35.5. The fourth-order valence-corrected chi connectivity index (χ4v) is 4.19. The molecule has 2 aromatic carbocycles. The molecule has 0 spiro atoms. The minimum Gasteiger partial charge on any atom is -0.369 e. The van der Waals surface area contributed by atoms with Crippen LogP contribution < -0.4 is 15.1 Å². The molecule has 0 saturated carbocycles. The van der Waals surface area contributed by atoms with Crippen LogP contribution in [0.25, 0.3) is 6.08 Å². The van der Waals surface area contributed by atoms with Crippen LogP contribution in [0.2, 0.25) is 10.0 Å². The van der Waals surface area contributed by atoms with Crippen LogP contribution in [-0.4, -0.2) is 30.0 Å². The van der Waals surface area contributed by atoms with Crippen LogP contribution >= 0.6 is 35.4 Å². The van der Waals surface area contributed by atoms with E-state index in [1.807, 2.05) is 4.90 Å². The van der Waals surface area contributed by atoms with Crippen molar-refractivity contribution in [2.45, 2.75) is 12.8 Å². The maximum Gasteiger partial charge on any atom is 0.270 e. The van der Waals surface area contributed by atoms with Gasteiger partial charge in [0.15, 0.2) is 5.11 Å². The minimum atomic E-state index is -0.669. The smallest absolute Gasteiger partial charge is 0.270 e. The minimum absolute atomic E-state index is 0.109. The summed E-state index contributed by atoms with van der Waals surface area (Å²) in [4.78, 5) is 28.6. The molecular weight excluding hydrogens is 448 g/mol. The van der Waals surface area contributed by atoms with Crippen molar-refractivity contribution in [1.29, 1.82) is 0 Å². The van der Waals surface area contributed by atoms with Crippen LogP contribution in [0.3, 0.4) is 0 Å². The Morgan fingerprint density at radius 1 is 1.07 bits per heavy atom. The van der Waals surface area contributed by atoms with Gasteiger partial charge in [0.25, 0.3) is 11.8 Å². The molecule has 0 atom stereocenters. The lowest BCUT2D eigenvalue weighted by atomic mass is 10.1. The zero-order chi connectivity index (χ0) is 21.4. The number of hydrogen-bond acceptors (Lipinski definition) is 4. The van der Waals surface area contributed by atoms with Crippen molar-refractivity contribution in [2.24, 2.45) is 0 Å². The molecule has 0 unspecified atom stereocenters.